The Labute approximate surface area is 165 Å². The summed E-state index contributed by atoms with van der Waals surface area (Å²) < 4.78 is 15.8. The predicted octanol–water partition coefficient (Wildman–Crippen LogP) is -0.667. The molecule has 160 valence electrons. The van der Waals surface area contributed by atoms with Gasteiger partial charge in [0.25, 0.3) is 0 Å². The fourth-order valence-electron chi connectivity index (χ4n) is 2.56. The molecule has 0 spiro atoms. The van der Waals surface area contributed by atoms with Crippen LogP contribution in [0, 0.1) is 17.2 Å². The summed E-state index contributed by atoms with van der Waals surface area (Å²) in [6.45, 7) is 2.60. The molecule has 1 fully saturated rings. The Hall–Kier alpha value is -2.62. The minimum Gasteiger partial charge on any atom is -0.504 e. The molecule has 1 saturated heterocycles. The molecular weight excluding hydrogens is 390 g/mol. The lowest BCUT2D eigenvalue weighted by atomic mass is 9.99. The number of aromatic hydroxyl groups is 3. The summed E-state index contributed by atoms with van der Waals surface area (Å²) >= 11 is 0. The highest BCUT2D eigenvalue weighted by molar-refractivity contribution is 5.91. The average Bonchev–Trinajstić information content (AvgIpc) is 2.69. The van der Waals surface area contributed by atoms with Gasteiger partial charge in [0.2, 0.25) is 0 Å². The zero-order chi connectivity index (χ0) is 21.9. The number of carbonyl (C=O) groups is 1. The quantitative estimate of drug-likeness (QED) is 0.256. The second-order valence-corrected chi connectivity index (χ2v) is 6.74. The largest absolute Gasteiger partial charge is 0.504 e. The summed E-state index contributed by atoms with van der Waals surface area (Å²) in [5.41, 5.74) is -0.284. The molecule has 0 saturated carbocycles. The monoisotopic (exact) mass is 413 g/mol. The third kappa shape index (κ3) is 5.06. The van der Waals surface area contributed by atoms with Gasteiger partial charge in [-0.25, -0.2) is 4.79 Å². The van der Waals surface area contributed by atoms with Gasteiger partial charge >= 0.3 is 5.97 Å². The fraction of sp³-hybridized carbons (Fsp3) is 0.556. The summed E-state index contributed by atoms with van der Waals surface area (Å²) in [7, 11) is 0. The summed E-state index contributed by atoms with van der Waals surface area (Å²) in [5.74, 6) is -3.83. The zero-order valence-electron chi connectivity index (χ0n) is 15.7. The maximum atomic E-state index is 12.1. The van der Waals surface area contributed by atoms with E-state index < -0.39 is 72.6 Å². The maximum absolute atomic E-state index is 12.1. The molecule has 7 unspecified atom stereocenters. The van der Waals surface area contributed by atoms with Crippen LogP contribution in [0.2, 0.25) is 0 Å². The number of benzene rings is 1. The smallest absolute Gasteiger partial charge is 0.338 e. The first-order valence-electron chi connectivity index (χ1n) is 8.73. The Kier molecular flexibility index (Phi) is 7.23. The lowest BCUT2D eigenvalue weighted by Gasteiger charge is -2.41. The fourth-order valence-corrected chi connectivity index (χ4v) is 2.56. The van der Waals surface area contributed by atoms with E-state index in [1.165, 1.54) is 0 Å². The number of carbonyl (C=O) groups excluding carboxylic acids is 1. The second kappa shape index (κ2) is 9.25. The Morgan fingerprint density at radius 1 is 1.14 bits per heavy atom. The lowest BCUT2D eigenvalue weighted by molar-refractivity contribution is -0.311. The number of aliphatic hydroxyl groups is 3. The number of nitrogens with zero attached hydrogens (tertiary/aromatic N) is 1. The molecule has 0 amide bonds. The van der Waals surface area contributed by atoms with Crippen molar-refractivity contribution in [3.05, 3.63) is 17.7 Å². The van der Waals surface area contributed by atoms with Crippen LogP contribution in [0.25, 0.3) is 0 Å². The van der Waals surface area contributed by atoms with Crippen LogP contribution in [0.1, 0.15) is 24.2 Å². The van der Waals surface area contributed by atoms with Gasteiger partial charge in [0, 0.05) is 0 Å². The van der Waals surface area contributed by atoms with Gasteiger partial charge in [-0.2, -0.15) is 5.26 Å². The van der Waals surface area contributed by atoms with Crippen molar-refractivity contribution in [1.29, 1.82) is 5.26 Å². The Morgan fingerprint density at radius 3 is 2.28 bits per heavy atom. The molecule has 1 aromatic carbocycles. The van der Waals surface area contributed by atoms with Gasteiger partial charge in [-0.3, -0.25) is 0 Å². The van der Waals surface area contributed by atoms with E-state index in [4.69, 9.17) is 19.5 Å². The first-order valence-corrected chi connectivity index (χ1v) is 8.73. The number of nitriles is 1. The standard InChI is InChI=1S/C18H23NO10/c1-7(5-19)8(2)28-18-16(25)15(24)14(23)12(29-18)6-27-17(26)9-3-10(20)13(22)11(21)4-9/h3-4,7-8,12,14-16,18,20-25H,6H2,1-2H3. The van der Waals surface area contributed by atoms with Gasteiger partial charge in [-0.1, -0.05) is 0 Å². The molecular formula is C18H23NO10. The molecule has 1 aromatic rings. The van der Waals surface area contributed by atoms with E-state index in [9.17, 15) is 35.4 Å². The minimum absolute atomic E-state index is 0.284. The SMILES string of the molecule is CC(C#N)C(C)OC1OC(COC(=O)c2cc(O)c(O)c(O)c2)C(O)C(O)C1O. The number of hydrogen-bond donors (Lipinski definition) is 6. The zero-order valence-corrected chi connectivity index (χ0v) is 15.7. The van der Waals surface area contributed by atoms with Crippen molar-refractivity contribution in [3.63, 3.8) is 0 Å². The Morgan fingerprint density at radius 2 is 1.72 bits per heavy atom. The molecule has 0 radical (unpaired) electrons. The van der Waals surface area contributed by atoms with E-state index >= 15 is 0 Å². The van der Waals surface area contributed by atoms with Gasteiger partial charge in [0.1, 0.15) is 31.0 Å². The second-order valence-electron chi connectivity index (χ2n) is 6.74. The molecule has 7 atom stereocenters. The maximum Gasteiger partial charge on any atom is 0.338 e. The highest BCUT2D eigenvalue weighted by Gasteiger charge is 2.45. The van der Waals surface area contributed by atoms with E-state index in [0.717, 1.165) is 12.1 Å². The summed E-state index contributed by atoms with van der Waals surface area (Å²) in [5, 5.41) is 67.3. The van der Waals surface area contributed by atoms with E-state index in [1.807, 2.05) is 6.07 Å². The number of phenolic OH excluding ortho intramolecular Hbond substituents is 3. The van der Waals surface area contributed by atoms with E-state index in [2.05, 4.69) is 0 Å². The molecule has 6 N–H and O–H groups in total. The molecule has 11 nitrogen and oxygen atoms in total. The van der Waals surface area contributed by atoms with Gasteiger partial charge < -0.3 is 44.8 Å². The van der Waals surface area contributed by atoms with Crippen LogP contribution in [0.4, 0.5) is 0 Å². The normalized spacial score (nSPS) is 28.9. The molecule has 29 heavy (non-hydrogen) atoms. The lowest BCUT2D eigenvalue weighted by Crippen LogP contribution is -2.60. The predicted molar refractivity (Wildman–Crippen MR) is 93.7 cm³/mol. The van der Waals surface area contributed by atoms with E-state index in [1.54, 1.807) is 13.8 Å². The molecule has 0 aromatic heterocycles. The molecule has 2 rings (SSSR count). The van der Waals surface area contributed by atoms with Crippen LogP contribution in [0.15, 0.2) is 12.1 Å². The summed E-state index contributed by atoms with van der Waals surface area (Å²) in [6.07, 6.45) is -8.19. The number of esters is 1. The first-order chi connectivity index (χ1) is 13.6. The highest BCUT2D eigenvalue weighted by atomic mass is 16.7. The van der Waals surface area contributed by atoms with Crippen LogP contribution >= 0.6 is 0 Å². The third-order valence-electron chi connectivity index (χ3n) is 4.61. The average molecular weight is 413 g/mol. The number of phenols is 3. The van der Waals surface area contributed by atoms with Crippen molar-refractivity contribution in [1.82, 2.24) is 0 Å². The molecule has 1 aliphatic rings. The van der Waals surface area contributed by atoms with Crippen molar-refractivity contribution in [2.45, 2.75) is 50.7 Å². The number of ether oxygens (including phenoxy) is 3. The van der Waals surface area contributed by atoms with Crippen molar-refractivity contribution in [2.24, 2.45) is 5.92 Å². The molecule has 1 aliphatic heterocycles. The highest BCUT2D eigenvalue weighted by Crippen LogP contribution is 2.35. The Balaban J connectivity index is 2.05. The summed E-state index contributed by atoms with van der Waals surface area (Å²) in [4.78, 5) is 12.1. The van der Waals surface area contributed by atoms with Crippen LogP contribution < -0.4 is 0 Å². The van der Waals surface area contributed by atoms with Crippen LogP contribution in [0.3, 0.4) is 0 Å². The van der Waals surface area contributed by atoms with Crippen LogP contribution in [-0.4, -0.2) is 80.0 Å². The van der Waals surface area contributed by atoms with Crippen LogP contribution in [-0.2, 0) is 14.2 Å². The van der Waals surface area contributed by atoms with Crippen molar-refractivity contribution in [3.8, 4) is 23.3 Å². The number of rotatable bonds is 6. The van der Waals surface area contributed by atoms with Gasteiger partial charge in [-0.15, -0.1) is 0 Å². The topological polar surface area (TPSA) is 190 Å². The van der Waals surface area contributed by atoms with Gasteiger partial charge in [-0.05, 0) is 26.0 Å². The van der Waals surface area contributed by atoms with E-state index in [-0.39, 0.29) is 5.56 Å². The van der Waals surface area contributed by atoms with Crippen molar-refractivity contribution in [2.75, 3.05) is 6.61 Å². The molecule has 0 bridgehead atoms. The molecule has 0 aliphatic carbocycles. The molecule has 11 heteroatoms. The van der Waals surface area contributed by atoms with Gasteiger partial charge in [0.05, 0.1) is 23.7 Å². The first kappa shape index (κ1) is 22.7. The minimum atomic E-state index is -1.66. The summed E-state index contributed by atoms with van der Waals surface area (Å²) in [6, 6.07) is 3.70. The van der Waals surface area contributed by atoms with E-state index in [0.29, 0.717) is 0 Å². The van der Waals surface area contributed by atoms with Crippen molar-refractivity contribution >= 4 is 5.97 Å². The van der Waals surface area contributed by atoms with Gasteiger partial charge in [0.15, 0.2) is 23.5 Å². The van der Waals surface area contributed by atoms with Crippen molar-refractivity contribution < 1.29 is 49.6 Å². The Bertz CT molecular complexity index is 755. The number of hydrogen-bond acceptors (Lipinski definition) is 11. The molecule has 1 heterocycles. The third-order valence-corrected chi connectivity index (χ3v) is 4.61. The van der Waals surface area contributed by atoms with Crippen LogP contribution in [0.5, 0.6) is 17.2 Å². The number of aliphatic hydroxyl groups excluding tert-OH is 3.